The molecule has 0 saturated carbocycles. The van der Waals surface area contributed by atoms with Crippen LogP contribution in [0.15, 0.2) is 29.0 Å². The summed E-state index contributed by atoms with van der Waals surface area (Å²) in [4.78, 5) is 8.39. The molecule has 0 N–H and O–H groups in total. The highest BCUT2D eigenvalue weighted by Crippen LogP contribution is 2.27. The van der Waals surface area contributed by atoms with Crippen molar-refractivity contribution in [3.63, 3.8) is 0 Å². The molecule has 5 nitrogen and oxygen atoms in total. The molecule has 5 heteroatoms. The molecule has 0 spiro atoms. The monoisotopic (exact) mass is 231 g/mol. The number of rotatable bonds is 2. The summed E-state index contributed by atoms with van der Waals surface area (Å²) in [5.74, 6) is 1.14. The van der Waals surface area contributed by atoms with E-state index in [0.29, 0.717) is 11.7 Å². The standard InChI is InChI=1S/C12H13N3O2/c1-2-7-16-10(5-1)11-14-12(17-15-11)9-4-3-6-13-8-9/h3-4,6,8,10H,1-2,5,7H2. The summed E-state index contributed by atoms with van der Waals surface area (Å²) in [6.45, 7) is 0.779. The molecule has 17 heavy (non-hydrogen) atoms. The average Bonchev–Trinajstić information content (AvgIpc) is 2.90. The maximum atomic E-state index is 5.61. The minimum atomic E-state index is -0.0158. The Kier molecular flexibility index (Phi) is 2.83. The molecule has 0 radical (unpaired) electrons. The van der Waals surface area contributed by atoms with Crippen LogP contribution in [0.4, 0.5) is 0 Å². The van der Waals surface area contributed by atoms with Crippen LogP contribution in [0, 0.1) is 0 Å². The highest BCUT2D eigenvalue weighted by atomic mass is 16.5. The smallest absolute Gasteiger partial charge is 0.259 e. The molecule has 0 aromatic carbocycles. The van der Waals surface area contributed by atoms with Gasteiger partial charge in [0, 0.05) is 19.0 Å². The van der Waals surface area contributed by atoms with E-state index in [1.165, 1.54) is 0 Å². The van der Waals surface area contributed by atoms with Crippen molar-refractivity contribution in [2.45, 2.75) is 25.4 Å². The highest BCUT2D eigenvalue weighted by molar-refractivity contribution is 5.50. The molecule has 1 aliphatic heterocycles. The third-order valence-electron chi connectivity index (χ3n) is 2.82. The fourth-order valence-corrected chi connectivity index (χ4v) is 1.92. The summed E-state index contributed by atoms with van der Waals surface area (Å²) in [5, 5.41) is 3.98. The van der Waals surface area contributed by atoms with Crippen molar-refractivity contribution in [3.8, 4) is 11.5 Å². The Morgan fingerprint density at radius 1 is 1.29 bits per heavy atom. The number of ether oxygens (including phenoxy) is 1. The molecule has 0 amide bonds. The number of hydrogen-bond acceptors (Lipinski definition) is 5. The Morgan fingerprint density at radius 3 is 3.06 bits per heavy atom. The molecule has 2 aromatic heterocycles. The van der Waals surface area contributed by atoms with Gasteiger partial charge in [0.05, 0.1) is 5.56 Å². The zero-order valence-corrected chi connectivity index (χ0v) is 9.37. The summed E-state index contributed by atoms with van der Waals surface area (Å²) >= 11 is 0. The van der Waals surface area contributed by atoms with Crippen LogP contribution in [0.3, 0.4) is 0 Å². The number of pyridine rings is 1. The van der Waals surface area contributed by atoms with Crippen LogP contribution in [0.2, 0.25) is 0 Å². The van der Waals surface area contributed by atoms with Crippen molar-refractivity contribution >= 4 is 0 Å². The van der Waals surface area contributed by atoms with E-state index < -0.39 is 0 Å². The molecule has 88 valence electrons. The van der Waals surface area contributed by atoms with Crippen molar-refractivity contribution in [3.05, 3.63) is 30.4 Å². The van der Waals surface area contributed by atoms with Crippen molar-refractivity contribution in [1.82, 2.24) is 15.1 Å². The van der Waals surface area contributed by atoms with Gasteiger partial charge in [-0.3, -0.25) is 4.98 Å². The lowest BCUT2D eigenvalue weighted by atomic mass is 10.1. The molecular formula is C12H13N3O2. The average molecular weight is 231 g/mol. The van der Waals surface area contributed by atoms with Crippen LogP contribution in [0.5, 0.6) is 0 Å². The second-order valence-corrected chi connectivity index (χ2v) is 4.05. The van der Waals surface area contributed by atoms with Crippen LogP contribution >= 0.6 is 0 Å². The summed E-state index contributed by atoms with van der Waals surface area (Å²) in [7, 11) is 0. The third-order valence-corrected chi connectivity index (χ3v) is 2.82. The number of nitrogens with zero attached hydrogens (tertiary/aromatic N) is 3. The Hall–Kier alpha value is -1.75. The lowest BCUT2D eigenvalue weighted by molar-refractivity contribution is 0.00822. The summed E-state index contributed by atoms with van der Waals surface area (Å²) < 4.78 is 10.8. The number of hydrogen-bond donors (Lipinski definition) is 0. The lowest BCUT2D eigenvalue weighted by Gasteiger charge is -2.18. The van der Waals surface area contributed by atoms with Gasteiger partial charge in [0.1, 0.15) is 6.10 Å². The Bertz CT molecular complexity index is 478. The largest absolute Gasteiger partial charge is 0.370 e. The van der Waals surface area contributed by atoms with E-state index in [4.69, 9.17) is 9.26 Å². The van der Waals surface area contributed by atoms with E-state index in [-0.39, 0.29) is 6.10 Å². The summed E-state index contributed by atoms with van der Waals surface area (Å²) in [6.07, 6.45) is 6.64. The van der Waals surface area contributed by atoms with Gasteiger partial charge in [0.2, 0.25) is 5.82 Å². The zero-order chi connectivity index (χ0) is 11.5. The fraction of sp³-hybridized carbons (Fsp3) is 0.417. The number of aromatic nitrogens is 3. The lowest BCUT2D eigenvalue weighted by Crippen LogP contribution is -2.12. The van der Waals surface area contributed by atoms with Crippen molar-refractivity contribution in [2.75, 3.05) is 6.61 Å². The summed E-state index contributed by atoms with van der Waals surface area (Å²) in [6, 6.07) is 3.74. The van der Waals surface area contributed by atoms with Gasteiger partial charge >= 0.3 is 0 Å². The van der Waals surface area contributed by atoms with Gasteiger partial charge in [-0.05, 0) is 31.4 Å². The maximum Gasteiger partial charge on any atom is 0.259 e. The fourth-order valence-electron chi connectivity index (χ4n) is 1.92. The van der Waals surface area contributed by atoms with Gasteiger partial charge in [-0.1, -0.05) is 5.16 Å². The summed E-state index contributed by atoms with van der Waals surface area (Å²) in [5.41, 5.74) is 0.835. The molecular weight excluding hydrogens is 218 g/mol. The van der Waals surface area contributed by atoms with E-state index in [2.05, 4.69) is 15.1 Å². The molecule has 1 atom stereocenters. The first-order valence-electron chi connectivity index (χ1n) is 5.79. The third kappa shape index (κ3) is 2.19. The Morgan fingerprint density at radius 2 is 2.29 bits per heavy atom. The van der Waals surface area contributed by atoms with E-state index in [1.807, 2.05) is 12.1 Å². The van der Waals surface area contributed by atoms with E-state index in [9.17, 15) is 0 Å². The first kappa shape index (κ1) is 10.4. The van der Waals surface area contributed by atoms with Gasteiger partial charge in [-0.25, -0.2) is 0 Å². The molecule has 1 saturated heterocycles. The van der Waals surface area contributed by atoms with Gasteiger partial charge in [-0.15, -0.1) is 0 Å². The predicted molar refractivity (Wildman–Crippen MR) is 60.1 cm³/mol. The second-order valence-electron chi connectivity index (χ2n) is 4.05. The molecule has 0 bridgehead atoms. The SMILES string of the molecule is c1cncc(-c2nc(C3CCCCO3)no2)c1. The first-order valence-corrected chi connectivity index (χ1v) is 5.79. The quantitative estimate of drug-likeness (QED) is 0.794. The molecule has 3 rings (SSSR count). The maximum absolute atomic E-state index is 5.61. The van der Waals surface area contributed by atoms with E-state index in [0.717, 1.165) is 31.4 Å². The normalized spacial score (nSPS) is 20.4. The zero-order valence-electron chi connectivity index (χ0n) is 9.37. The molecule has 1 fully saturated rings. The molecule has 3 heterocycles. The van der Waals surface area contributed by atoms with Crippen LogP contribution in [-0.2, 0) is 4.74 Å². The minimum Gasteiger partial charge on any atom is -0.370 e. The van der Waals surface area contributed by atoms with Crippen LogP contribution in [-0.4, -0.2) is 21.7 Å². The van der Waals surface area contributed by atoms with Gasteiger partial charge in [0.25, 0.3) is 5.89 Å². The van der Waals surface area contributed by atoms with Gasteiger partial charge in [0.15, 0.2) is 0 Å². The van der Waals surface area contributed by atoms with Gasteiger partial charge in [-0.2, -0.15) is 4.98 Å². The Balaban J connectivity index is 1.83. The molecule has 1 unspecified atom stereocenters. The first-order chi connectivity index (χ1) is 8.43. The van der Waals surface area contributed by atoms with Crippen LogP contribution in [0.25, 0.3) is 11.5 Å². The second kappa shape index (κ2) is 4.63. The molecule has 2 aromatic rings. The van der Waals surface area contributed by atoms with Crippen molar-refractivity contribution in [2.24, 2.45) is 0 Å². The predicted octanol–water partition coefficient (Wildman–Crippen LogP) is 2.37. The molecule has 0 aliphatic carbocycles. The van der Waals surface area contributed by atoms with Gasteiger partial charge < -0.3 is 9.26 Å². The highest BCUT2D eigenvalue weighted by Gasteiger charge is 2.21. The minimum absolute atomic E-state index is 0.0158. The van der Waals surface area contributed by atoms with Crippen molar-refractivity contribution in [1.29, 1.82) is 0 Å². The topological polar surface area (TPSA) is 61.0 Å². The molecule has 1 aliphatic rings. The van der Waals surface area contributed by atoms with E-state index in [1.54, 1.807) is 12.4 Å². The van der Waals surface area contributed by atoms with Crippen LogP contribution < -0.4 is 0 Å². The van der Waals surface area contributed by atoms with E-state index >= 15 is 0 Å². The van der Waals surface area contributed by atoms with Crippen molar-refractivity contribution < 1.29 is 9.26 Å². The Labute approximate surface area is 98.8 Å². The van der Waals surface area contributed by atoms with Crippen LogP contribution in [0.1, 0.15) is 31.2 Å².